The zero-order chi connectivity index (χ0) is 17.2. The molecule has 0 bridgehead atoms. The molecule has 0 aliphatic carbocycles. The number of carbonyl (C=O) groups is 1. The van der Waals surface area contributed by atoms with Gasteiger partial charge in [-0.25, -0.2) is 0 Å². The van der Waals surface area contributed by atoms with Gasteiger partial charge in [0.05, 0.1) is 25.8 Å². The summed E-state index contributed by atoms with van der Waals surface area (Å²) >= 11 is 0. The van der Waals surface area contributed by atoms with Gasteiger partial charge < -0.3 is 19.4 Å². The van der Waals surface area contributed by atoms with Crippen LogP contribution < -0.4 is 14.6 Å². The highest BCUT2D eigenvalue weighted by atomic mass is 19.4. The summed E-state index contributed by atoms with van der Waals surface area (Å²) in [7, 11) is 2.78. The van der Waals surface area contributed by atoms with Crippen LogP contribution in [0, 0.1) is 0 Å². The topological polar surface area (TPSA) is 58.6 Å². The summed E-state index contributed by atoms with van der Waals surface area (Å²) in [6, 6.07) is 6.68. The number of ether oxygens (including phenoxy) is 2. The molecule has 4 nitrogen and oxygen atoms in total. The number of hydrogen-bond donors (Lipinski definition) is 0. The highest BCUT2D eigenvalue weighted by Crippen LogP contribution is 2.37. The van der Waals surface area contributed by atoms with Crippen LogP contribution in [-0.2, 0) is 6.18 Å². The van der Waals surface area contributed by atoms with Crippen LogP contribution in [-0.4, -0.2) is 20.2 Å². The summed E-state index contributed by atoms with van der Waals surface area (Å²) in [5.41, 5.74) is -1.16. The van der Waals surface area contributed by atoms with Gasteiger partial charge in [-0.3, -0.25) is 0 Å². The van der Waals surface area contributed by atoms with Crippen LogP contribution in [0.2, 0.25) is 0 Å². The second-order valence-corrected chi connectivity index (χ2v) is 4.62. The van der Waals surface area contributed by atoms with Crippen molar-refractivity contribution in [2.45, 2.75) is 6.18 Å². The first-order valence-electron chi connectivity index (χ1n) is 6.43. The summed E-state index contributed by atoms with van der Waals surface area (Å²) in [6.45, 7) is 0. The number of carbonyl (C=O) groups excluding carboxylic acids is 1. The standard InChI is InChI=1S/C16H13F3O4/c1-22-13-6-3-9(7-14(13)23-2)12-8-10(16(17,18)19)4-5-11(12)15(20)21/h3-8H,1-2H3,(H,20,21)/p-1. The van der Waals surface area contributed by atoms with E-state index in [2.05, 4.69) is 0 Å². The Labute approximate surface area is 130 Å². The lowest BCUT2D eigenvalue weighted by Crippen LogP contribution is -2.23. The number of alkyl halides is 3. The highest BCUT2D eigenvalue weighted by Gasteiger charge is 2.31. The van der Waals surface area contributed by atoms with Gasteiger partial charge in [0, 0.05) is 5.56 Å². The smallest absolute Gasteiger partial charge is 0.416 e. The van der Waals surface area contributed by atoms with Crippen LogP contribution in [0.3, 0.4) is 0 Å². The van der Waals surface area contributed by atoms with E-state index in [-0.39, 0.29) is 22.4 Å². The zero-order valence-corrected chi connectivity index (χ0v) is 12.2. The first-order valence-corrected chi connectivity index (χ1v) is 6.43. The Kier molecular flexibility index (Phi) is 4.49. The van der Waals surface area contributed by atoms with Crippen molar-refractivity contribution in [1.82, 2.24) is 0 Å². The Morgan fingerprint density at radius 2 is 1.65 bits per heavy atom. The van der Waals surface area contributed by atoms with Crippen LogP contribution >= 0.6 is 0 Å². The van der Waals surface area contributed by atoms with E-state index in [1.165, 1.54) is 32.4 Å². The molecule has 0 aromatic heterocycles. The Morgan fingerprint density at radius 3 is 2.17 bits per heavy atom. The molecule has 122 valence electrons. The molecule has 23 heavy (non-hydrogen) atoms. The third-order valence-electron chi connectivity index (χ3n) is 3.26. The van der Waals surface area contributed by atoms with Crippen LogP contribution in [0.15, 0.2) is 36.4 Å². The lowest BCUT2D eigenvalue weighted by Gasteiger charge is -2.16. The van der Waals surface area contributed by atoms with Gasteiger partial charge in [-0.05, 0) is 35.4 Å². The predicted molar refractivity (Wildman–Crippen MR) is 74.3 cm³/mol. The average Bonchev–Trinajstić information content (AvgIpc) is 2.52. The molecule has 0 saturated heterocycles. The third kappa shape index (κ3) is 3.39. The number of carboxylic acid groups (broad SMARTS) is 1. The van der Waals surface area contributed by atoms with Gasteiger partial charge in [-0.15, -0.1) is 0 Å². The number of benzene rings is 2. The first kappa shape index (κ1) is 16.7. The van der Waals surface area contributed by atoms with Crippen molar-refractivity contribution in [1.29, 1.82) is 0 Å². The van der Waals surface area contributed by atoms with Gasteiger partial charge in [-0.1, -0.05) is 12.1 Å². The largest absolute Gasteiger partial charge is 0.545 e. The molecular weight excluding hydrogens is 313 g/mol. The number of aromatic carboxylic acids is 1. The molecule has 0 heterocycles. The van der Waals surface area contributed by atoms with Crippen molar-refractivity contribution in [2.75, 3.05) is 14.2 Å². The normalized spacial score (nSPS) is 11.2. The molecule has 0 N–H and O–H groups in total. The molecule has 0 saturated carbocycles. The van der Waals surface area contributed by atoms with E-state index in [1.807, 2.05) is 0 Å². The van der Waals surface area contributed by atoms with E-state index in [0.29, 0.717) is 11.8 Å². The van der Waals surface area contributed by atoms with Crippen molar-refractivity contribution < 1.29 is 32.5 Å². The minimum atomic E-state index is -4.59. The Hall–Kier alpha value is -2.70. The van der Waals surface area contributed by atoms with E-state index in [4.69, 9.17) is 9.47 Å². The number of carboxylic acids is 1. The molecule has 7 heteroatoms. The number of methoxy groups -OCH3 is 2. The van der Waals surface area contributed by atoms with E-state index >= 15 is 0 Å². The van der Waals surface area contributed by atoms with E-state index in [1.54, 1.807) is 0 Å². The number of rotatable bonds is 4. The lowest BCUT2D eigenvalue weighted by atomic mass is 9.96. The fourth-order valence-corrected chi connectivity index (χ4v) is 2.14. The van der Waals surface area contributed by atoms with Gasteiger partial charge in [0.2, 0.25) is 0 Å². The number of hydrogen-bond acceptors (Lipinski definition) is 4. The molecule has 0 radical (unpaired) electrons. The maximum absolute atomic E-state index is 12.9. The fourth-order valence-electron chi connectivity index (χ4n) is 2.14. The van der Waals surface area contributed by atoms with Crippen LogP contribution in [0.4, 0.5) is 13.2 Å². The van der Waals surface area contributed by atoms with Crippen molar-refractivity contribution >= 4 is 5.97 Å². The van der Waals surface area contributed by atoms with Gasteiger partial charge in [0.15, 0.2) is 11.5 Å². The minimum Gasteiger partial charge on any atom is -0.545 e. The van der Waals surface area contributed by atoms with Gasteiger partial charge in [0.1, 0.15) is 0 Å². The van der Waals surface area contributed by atoms with Crippen LogP contribution in [0.5, 0.6) is 11.5 Å². The van der Waals surface area contributed by atoms with Gasteiger partial charge in [-0.2, -0.15) is 13.2 Å². The van der Waals surface area contributed by atoms with Gasteiger partial charge in [0.25, 0.3) is 0 Å². The molecule has 0 fully saturated rings. The zero-order valence-electron chi connectivity index (χ0n) is 12.2. The Morgan fingerprint density at radius 1 is 1.00 bits per heavy atom. The third-order valence-corrected chi connectivity index (χ3v) is 3.26. The molecule has 0 amide bonds. The Bertz CT molecular complexity index is 739. The van der Waals surface area contributed by atoms with Crippen LogP contribution in [0.25, 0.3) is 11.1 Å². The summed E-state index contributed by atoms with van der Waals surface area (Å²) < 4.78 is 48.8. The highest BCUT2D eigenvalue weighted by molar-refractivity contribution is 5.95. The maximum Gasteiger partial charge on any atom is 0.416 e. The van der Waals surface area contributed by atoms with Crippen LogP contribution in [0.1, 0.15) is 15.9 Å². The molecule has 2 rings (SSSR count). The summed E-state index contributed by atoms with van der Waals surface area (Å²) in [6.07, 6.45) is -4.59. The Balaban J connectivity index is 2.67. The lowest BCUT2D eigenvalue weighted by molar-refractivity contribution is -0.255. The summed E-state index contributed by atoms with van der Waals surface area (Å²) in [5.74, 6) is -0.923. The molecule has 2 aromatic carbocycles. The molecule has 0 spiro atoms. The second-order valence-electron chi connectivity index (χ2n) is 4.62. The molecule has 0 aliphatic rings. The van der Waals surface area contributed by atoms with Crippen molar-refractivity contribution in [3.63, 3.8) is 0 Å². The monoisotopic (exact) mass is 325 g/mol. The molecular formula is C16H12F3O4-. The van der Waals surface area contributed by atoms with E-state index in [9.17, 15) is 23.1 Å². The minimum absolute atomic E-state index is 0.110. The molecule has 0 aliphatic heterocycles. The van der Waals surface area contributed by atoms with Crippen molar-refractivity contribution in [3.8, 4) is 22.6 Å². The molecule has 0 atom stereocenters. The summed E-state index contributed by atoms with van der Waals surface area (Å²) in [5, 5.41) is 11.2. The second kappa shape index (κ2) is 6.20. The summed E-state index contributed by atoms with van der Waals surface area (Å²) in [4.78, 5) is 11.2. The van der Waals surface area contributed by atoms with Crippen molar-refractivity contribution in [2.24, 2.45) is 0 Å². The number of halogens is 3. The first-order chi connectivity index (χ1) is 10.8. The maximum atomic E-state index is 12.9. The van der Waals surface area contributed by atoms with Gasteiger partial charge >= 0.3 is 6.18 Å². The quantitative estimate of drug-likeness (QED) is 0.867. The molecule has 0 unspecified atom stereocenters. The van der Waals surface area contributed by atoms with E-state index in [0.717, 1.165) is 12.1 Å². The molecule has 2 aromatic rings. The van der Waals surface area contributed by atoms with Crippen molar-refractivity contribution in [3.05, 3.63) is 47.5 Å². The average molecular weight is 325 g/mol. The SMILES string of the molecule is COc1ccc(-c2cc(C(F)(F)F)ccc2C(=O)[O-])cc1OC. The predicted octanol–water partition coefficient (Wildman–Crippen LogP) is 2.75. The fraction of sp³-hybridized carbons (Fsp3) is 0.188. The van der Waals surface area contributed by atoms with E-state index < -0.39 is 17.7 Å².